The zero-order valence-electron chi connectivity index (χ0n) is 21.4. The van der Waals surface area contributed by atoms with Crippen LogP contribution >= 0.6 is 0 Å². The Morgan fingerprint density at radius 2 is 1.43 bits per heavy atom. The Balaban J connectivity index is 1.67. The molecule has 0 radical (unpaired) electrons. The van der Waals surface area contributed by atoms with Gasteiger partial charge in [0.05, 0.1) is 18.8 Å². The van der Waals surface area contributed by atoms with Gasteiger partial charge in [0.25, 0.3) is 0 Å². The van der Waals surface area contributed by atoms with Crippen molar-refractivity contribution in [3.63, 3.8) is 0 Å². The van der Waals surface area contributed by atoms with Gasteiger partial charge in [0.2, 0.25) is 35.3 Å². The number of hydrogen-bond donors (Lipinski definition) is 10. The van der Waals surface area contributed by atoms with E-state index in [0.29, 0.717) is 0 Å². The molecule has 2 saturated heterocycles. The van der Waals surface area contributed by atoms with E-state index >= 15 is 0 Å². The smallest absolute Gasteiger partial charge is 0.229 e. The van der Waals surface area contributed by atoms with Crippen molar-refractivity contribution in [2.24, 2.45) is 0 Å². The first-order chi connectivity index (χ1) is 19.9. The van der Waals surface area contributed by atoms with Crippen LogP contribution in [0, 0.1) is 0 Å². The SMILES string of the molecule is O=c1c(-c2ccc(O)cc2)coc2c(O)c(OC3OCC(O)C(O)C3O)c(O)c(OC3OC(CO)C(O)C(O)C3O)c12. The van der Waals surface area contributed by atoms with Crippen LogP contribution < -0.4 is 14.9 Å². The highest BCUT2D eigenvalue weighted by molar-refractivity contribution is 5.96. The fraction of sp³-hybridized carbons (Fsp3) is 0.423. The first kappa shape index (κ1) is 29.8. The molecule has 16 heteroatoms. The number of phenols is 3. The first-order valence-corrected chi connectivity index (χ1v) is 12.6. The van der Waals surface area contributed by atoms with Crippen molar-refractivity contribution in [3.8, 4) is 39.9 Å². The average Bonchev–Trinajstić information content (AvgIpc) is 2.97. The summed E-state index contributed by atoms with van der Waals surface area (Å²) in [6, 6.07) is 5.34. The van der Waals surface area contributed by atoms with Gasteiger partial charge in [-0.3, -0.25) is 4.79 Å². The summed E-state index contributed by atoms with van der Waals surface area (Å²) in [5.74, 6) is -3.88. The molecule has 16 nitrogen and oxygen atoms in total. The maximum absolute atomic E-state index is 13.7. The van der Waals surface area contributed by atoms with Gasteiger partial charge in [0.1, 0.15) is 60.1 Å². The molecule has 0 saturated carbocycles. The van der Waals surface area contributed by atoms with E-state index in [0.717, 1.165) is 6.26 Å². The Morgan fingerprint density at radius 3 is 2.10 bits per heavy atom. The molecule has 3 aromatic rings. The predicted molar refractivity (Wildman–Crippen MR) is 136 cm³/mol. The molecule has 2 aliphatic heterocycles. The van der Waals surface area contributed by atoms with Crippen LogP contribution in [0.4, 0.5) is 0 Å². The van der Waals surface area contributed by atoms with Gasteiger partial charge in [-0.05, 0) is 17.7 Å². The average molecular weight is 596 g/mol. The van der Waals surface area contributed by atoms with E-state index in [9.17, 15) is 55.9 Å². The quantitative estimate of drug-likeness (QED) is 0.142. The van der Waals surface area contributed by atoms with Crippen molar-refractivity contribution in [2.45, 2.75) is 55.3 Å². The highest BCUT2D eigenvalue weighted by Crippen LogP contribution is 2.51. The molecular formula is C26H28O16. The lowest BCUT2D eigenvalue weighted by atomic mass is 9.99. The summed E-state index contributed by atoms with van der Waals surface area (Å²) in [6.07, 6.45) is -14.9. The van der Waals surface area contributed by atoms with Crippen LogP contribution in [0.2, 0.25) is 0 Å². The monoisotopic (exact) mass is 596 g/mol. The Morgan fingerprint density at radius 1 is 0.786 bits per heavy atom. The second-order valence-corrected chi connectivity index (χ2v) is 9.77. The van der Waals surface area contributed by atoms with Crippen molar-refractivity contribution in [1.29, 1.82) is 0 Å². The minimum Gasteiger partial charge on any atom is -0.508 e. The number of hydrogen-bond acceptors (Lipinski definition) is 16. The van der Waals surface area contributed by atoms with Crippen LogP contribution in [-0.4, -0.2) is 120 Å². The van der Waals surface area contributed by atoms with Crippen LogP contribution in [0.25, 0.3) is 22.1 Å². The summed E-state index contributed by atoms with van der Waals surface area (Å²) in [5, 5.41) is 102. The molecular weight excluding hydrogens is 568 g/mol. The number of benzene rings is 2. The number of rotatable bonds is 6. The topological polar surface area (TPSA) is 269 Å². The Hall–Kier alpha value is -3.71. The van der Waals surface area contributed by atoms with E-state index < -0.39 is 108 Å². The molecule has 228 valence electrons. The second kappa shape index (κ2) is 11.5. The largest absolute Gasteiger partial charge is 0.508 e. The number of ether oxygens (including phenoxy) is 4. The molecule has 9 unspecified atom stereocenters. The zero-order chi connectivity index (χ0) is 30.5. The van der Waals surface area contributed by atoms with Gasteiger partial charge >= 0.3 is 0 Å². The van der Waals surface area contributed by atoms with E-state index in [1.54, 1.807) is 0 Å². The van der Waals surface area contributed by atoms with Crippen molar-refractivity contribution in [2.75, 3.05) is 13.2 Å². The van der Waals surface area contributed by atoms with E-state index in [-0.39, 0.29) is 16.9 Å². The van der Waals surface area contributed by atoms with Crippen LogP contribution in [-0.2, 0) is 9.47 Å². The molecule has 2 aromatic carbocycles. The van der Waals surface area contributed by atoms with E-state index in [2.05, 4.69) is 0 Å². The summed E-state index contributed by atoms with van der Waals surface area (Å²) in [7, 11) is 0. The lowest BCUT2D eigenvalue weighted by Crippen LogP contribution is -2.60. The number of aromatic hydroxyl groups is 3. The van der Waals surface area contributed by atoms with Crippen LogP contribution in [0.15, 0.2) is 39.7 Å². The van der Waals surface area contributed by atoms with Gasteiger partial charge in [-0.2, -0.15) is 0 Å². The lowest BCUT2D eigenvalue weighted by Gasteiger charge is -2.39. The summed E-state index contributed by atoms with van der Waals surface area (Å²) < 4.78 is 27.0. The molecule has 42 heavy (non-hydrogen) atoms. The Bertz CT molecular complexity index is 1490. The molecule has 9 atom stereocenters. The normalized spacial score (nSPS) is 31.6. The Kier molecular flexibility index (Phi) is 8.17. The van der Waals surface area contributed by atoms with Gasteiger partial charge in [-0.25, -0.2) is 0 Å². The highest BCUT2D eigenvalue weighted by atomic mass is 16.7. The molecule has 0 aliphatic carbocycles. The summed E-state index contributed by atoms with van der Waals surface area (Å²) in [6.45, 7) is -1.32. The number of aliphatic hydroxyl groups excluding tert-OH is 7. The van der Waals surface area contributed by atoms with E-state index in [1.165, 1.54) is 24.3 Å². The third-order valence-corrected chi connectivity index (χ3v) is 7.03. The van der Waals surface area contributed by atoms with Crippen LogP contribution in [0.1, 0.15) is 0 Å². The fourth-order valence-corrected chi connectivity index (χ4v) is 4.63. The molecule has 1 aromatic heterocycles. The standard InChI is InChI=1S/C26H28O16/c27-5-12-16(32)17(33)19(35)26(40-12)41-23-13-14(30)10(8-1-3-9(28)4-2-8)6-38-22(13)20(36)24(21(23)37)42-25-18(34)15(31)11(29)7-39-25/h1-4,6,11-12,15-19,25-29,31-37H,5,7H2. The van der Waals surface area contributed by atoms with Crippen molar-refractivity contribution >= 4 is 11.0 Å². The third kappa shape index (κ3) is 5.08. The zero-order valence-corrected chi connectivity index (χ0v) is 21.4. The summed E-state index contributed by atoms with van der Waals surface area (Å²) in [4.78, 5) is 13.7. The summed E-state index contributed by atoms with van der Waals surface area (Å²) >= 11 is 0. The molecule has 5 rings (SSSR count). The minimum atomic E-state index is -1.98. The number of aliphatic hydroxyl groups is 7. The number of phenolic OH excluding ortho intramolecular Hbond substituents is 3. The van der Waals surface area contributed by atoms with Crippen molar-refractivity contribution in [3.05, 3.63) is 40.8 Å². The fourth-order valence-electron chi connectivity index (χ4n) is 4.63. The molecule has 2 aliphatic rings. The third-order valence-electron chi connectivity index (χ3n) is 7.03. The highest BCUT2D eigenvalue weighted by Gasteiger charge is 2.46. The van der Waals surface area contributed by atoms with Crippen LogP contribution in [0.3, 0.4) is 0 Å². The van der Waals surface area contributed by atoms with E-state index in [4.69, 9.17) is 23.4 Å². The Labute approximate surface area is 235 Å². The molecule has 3 heterocycles. The van der Waals surface area contributed by atoms with Crippen molar-refractivity contribution < 1.29 is 74.4 Å². The molecule has 2 fully saturated rings. The van der Waals surface area contributed by atoms with Gasteiger partial charge in [0.15, 0.2) is 11.3 Å². The van der Waals surface area contributed by atoms with Gasteiger partial charge < -0.3 is 74.4 Å². The summed E-state index contributed by atoms with van der Waals surface area (Å²) in [5.41, 5.74) is -1.41. The predicted octanol–water partition coefficient (Wildman–Crippen LogP) is -2.43. The van der Waals surface area contributed by atoms with Gasteiger partial charge in [-0.1, -0.05) is 12.1 Å². The minimum absolute atomic E-state index is 0.0996. The second-order valence-electron chi connectivity index (χ2n) is 9.77. The molecule has 0 bridgehead atoms. The van der Waals surface area contributed by atoms with Crippen LogP contribution in [0.5, 0.6) is 28.7 Å². The van der Waals surface area contributed by atoms with E-state index in [1.807, 2.05) is 0 Å². The maximum atomic E-state index is 13.7. The first-order valence-electron chi connectivity index (χ1n) is 12.6. The van der Waals surface area contributed by atoms with Gasteiger partial charge in [-0.15, -0.1) is 0 Å². The van der Waals surface area contributed by atoms with Gasteiger partial charge in [0, 0.05) is 0 Å². The molecule has 0 amide bonds. The molecule has 10 N–H and O–H groups in total. The van der Waals surface area contributed by atoms with Crippen molar-refractivity contribution in [1.82, 2.24) is 0 Å². The number of fused-ring (bicyclic) bond motifs is 1. The maximum Gasteiger partial charge on any atom is 0.229 e. The molecule has 0 spiro atoms. The lowest BCUT2D eigenvalue weighted by molar-refractivity contribution is -0.277.